The normalized spacial score (nSPS) is 14.4. The number of nitro groups is 1. The molecular weight excluding hydrogens is 346 g/mol. The molecule has 2 aromatic rings. The van der Waals surface area contributed by atoms with Crippen LogP contribution in [0, 0.1) is 17.0 Å². The minimum Gasteiger partial charge on any atom is -0.456 e. The highest BCUT2D eigenvalue weighted by molar-refractivity contribution is 7.09. The lowest BCUT2D eigenvalue weighted by Crippen LogP contribution is -2.36. The fourth-order valence-corrected chi connectivity index (χ4v) is 3.16. The fraction of sp³-hybridized carbons (Fsp3) is 0.375. The molecule has 1 aromatic carbocycles. The highest BCUT2D eigenvalue weighted by Crippen LogP contribution is 2.30. The number of benzene rings is 1. The Labute approximate surface area is 148 Å². The van der Waals surface area contributed by atoms with Crippen LogP contribution in [0.2, 0.25) is 0 Å². The number of ether oxygens (including phenoxy) is 2. The lowest BCUT2D eigenvalue weighted by Gasteiger charge is -2.28. The third-order valence-electron chi connectivity index (χ3n) is 3.78. The van der Waals surface area contributed by atoms with E-state index in [2.05, 4.69) is 4.98 Å². The summed E-state index contributed by atoms with van der Waals surface area (Å²) < 4.78 is 10.5. The second-order valence-corrected chi connectivity index (χ2v) is 6.56. The number of hydrogen-bond acceptors (Lipinski definition) is 8. The number of aromatic nitrogens is 1. The summed E-state index contributed by atoms with van der Waals surface area (Å²) in [5.41, 5.74) is 1.19. The maximum Gasteiger partial charge on any atom is 0.338 e. The second kappa shape index (κ2) is 7.58. The Morgan fingerprint density at radius 3 is 2.84 bits per heavy atom. The first-order valence-electron chi connectivity index (χ1n) is 7.74. The van der Waals surface area contributed by atoms with Gasteiger partial charge in [0.2, 0.25) is 0 Å². The summed E-state index contributed by atoms with van der Waals surface area (Å²) in [5.74, 6) is -0.609. The number of nitro benzene ring substituents is 1. The molecule has 1 aliphatic rings. The van der Waals surface area contributed by atoms with Crippen LogP contribution in [0.3, 0.4) is 0 Å². The molecule has 1 aromatic heterocycles. The number of thiazole rings is 1. The van der Waals surface area contributed by atoms with Crippen molar-refractivity contribution in [3.63, 3.8) is 0 Å². The van der Waals surface area contributed by atoms with Crippen molar-refractivity contribution >= 4 is 28.7 Å². The van der Waals surface area contributed by atoms with Gasteiger partial charge in [-0.15, -0.1) is 11.3 Å². The van der Waals surface area contributed by atoms with E-state index >= 15 is 0 Å². The Morgan fingerprint density at radius 2 is 2.20 bits per heavy atom. The van der Waals surface area contributed by atoms with Crippen molar-refractivity contribution in [2.45, 2.75) is 13.5 Å². The third-order valence-corrected chi connectivity index (χ3v) is 4.60. The molecule has 132 valence electrons. The van der Waals surface area contributed by atoms with Crippen molar-refractivity contribution < 1.29 is 19.2 Å². The monoisotopic (exact) mass is 363 g/mol. The molecule has 0 aliphatic carbocycles. The van der Waals surface area contributed by atoms with Crippen LogP contribution in [0.25, 0.3) is 0 Å². The zero-order valence-corrected chi connectivity index (χ0v) is 14.5. The molecule has 9 heteroatoms. The minimum atomic E-state index is -0.609. The summed E-state index contributed by atoms with van der Waals surface area (Å²) in [6, 6.07) is 4.40. The molecule has 1 aliphatic heterocycles. The SMILES string of the molecule is Cc1nc(COC(=O)c2ccc(N3CCOCC3)c([N+](=O)[O-])c2)cs1. The molecule has 0 spiro atoms. The summed E-state index contributed by atoms with van der Waals surface area (Å²) in [4.78, 5) is 29.2. The van der Waals surface area contributed by atoms with Crippen molar-refractivity contribution in [2.24, 2.45) is 0 Å². The largest absolute Gasteiger partial charge is 0.456 e. The van der Waals surface area contributed by atoms with Crippen molar-refractivity contribution in [1.82, 2.24) is 4.98 Å². The van der Waals surface area contributed by atoms with Crippen LogP contribution in [-0.4, -0.2) is 42.2 Å². The molecule has 0 saturated carbocycles. The zero-order valence-electron chi connectivity index (χ0n) is 13.6. The number of anilines is 1. The second-order valence-electron chi connectivity index (χ2n) is 5.49. The van der Waals surface area contributed by atoms with Crippen molar-refractivity contribution in [3.05, 3.63) is 50.0 Å². The standard InChI is InChI=1S/C16H17N3O5S/c1-11-17-13(10-25-11)9-24-16(20)12-2-3-14(15(8-12)19(21)22)18-4-6-23-7-5-18/h2-3,8,10H,4-7,9H2,1H3. The van der Waals surface area contributed by atoms with Crippen LogP contribution in [0.15, 0.2) is 23.6 Å². The van der Waals surface area contributed by atoms with Crippen molar-refractivity contribution in [3.8, 4) is 0 Å². The predicted octanol–water partition coefficient (Wildman–Crippen LogP) is 2.55. The van der Waals surface area contributed by atoms with E-state index in [0.717, 1.165) is 5.01 Å². The molecule has 0 N–H and O–H groups in total. The van der Waals surface area contributed by atoms with E-state index in [1.165, 1.54) is 17.4 Å². The lowest BCUT2D eigenvalue weighted by atomic mass is 10.1. The fourth-order valence-electron chi connectivity index (χ4n) is 2.57. The van der Waals surface area contributed by atoms with Gasteiger partial charge in [-0.25, -0.2) is 9.78 Å². The maximum atomic E-state index is 12.2. The topological polar surface area (TPSA) is 94.8 Å². The summed E-state index contributed by atoms with van der Waals surface area (Å²) >= 11 is 1.47. The van der Waals surface area contributed by atoms with Gasteiger partial charge >= 0.3 is 5.97 Å². The summed E-state index contributed by atoms with van der Waals surface area (Å²) in [6.45, 7) is 4.11. The number of hydrogen-bond donors (Lipinski definition) is 0. The third kappa shape index (κ3) is 4.12. The minimum absolute atomic E-state index is 0.0438. The summed E-state index contributed by atoms with van der Waals surface area (Å²) in [6.07, 6.45) is 0. The van der Waals surface area contributed by atoms with E-state index in [1.54, 1.807) is 12.1 Å². The molecule has 2 heterocycles. The molecule has 0 radical (unpaired) electrons. The Kier molecular flexibility index (Phi) is 5.25. The van der Waals surface area contributed by atoms with Gasteiger partial charge in [0, 0.05) is 24.5 Å². The highest BCUT2D eigenvalue weighted by Gasteiger charge is 2.23. The van der Waals surface area contributed by atoms with E-state index in [4.69, 9.17) is 9.47 Å². The zero-order chi connectivity index (χ0) is 17.8. The quantitative estimate of drug-likeness (QED) is 0.458. The maximum absolute atomic E-state index is 12.2. The average Bonchev–Trinajstić information content (AvgIpc) is 3.05. The van der Waals surface area contributed by atoms with Gasteiger partial charge in [0.15, 0.2) is 0 Å². The summed E-state index contributed by atoms with van der Waals surface area (Å²) in [7, 11) is 0. The molecular formula is C16H17N3O5S. The van der Waals surface area contributed by atoms with Gasteiger partial charge in [-0.05, 0) is 19.1 Å². The highest BCUT2D eigenvalue weighted by atomic mass is 32.1. The van der Waals surface area contributed by atoms with Gasteiger partial charge < -0.3 is 14.4 Å². The van der Waals surface area contributed by atoms with E-state index in [9.17, 15) is 14.9 Å². The number of esters is 1. The van der Waals surface area contributed by atoms with Gasteiger partial charge in [0.05, 0.1) is 34.4 Å². The van der Waals surface area contributed by atoms with Gasteiger partial charge in [-0.1, -0.05) is 0 Å². The number of carbonyl (C=O) groups excluding carboxylic acids is 1. The van der Waals surface area contributed by atoms with Crippen LogP contribution < -0.4 is 4.90 Å². The van der Waals surface area contributed by atoms with Gasteiger partial charge in [0.1, 0.15) is 12.3 Å². The Hall–Kier alpha value is -2.52. The van der Waals surface area contributed by atoms with Gasteiger partial charge in [-0.3, -0.25) is 10.1 Å². The van der Waals surface area contributed by atoms with Crippen LogP contribution in [-0.2, 0) is 16.1 Å². The Morgan fingerprint density at radius 1 is 1.44 bits per heavy atom. The predicted molar refractivity (Wildman–Crippen MR) is 92.1 cm³/mol. The van der Waals surface area contributed by atoms with Gasteiger partial charge in [0.25, 0.3) is 5.69 Å². The first kappa shape index (κ1) is 17.3. The van der Waals surface area contributed by atoms with E-state index < -0.39 is 10.9 Å². The van der Waals surface area contributed by atoms with E-state index in [0.29, 0.717) is 37.7 Å². The van der Waals surface area contributed by atoms with Gasteiger partial charge in [-0.2, -0.15) is 0 Å². The Balaban J connectivity index is 1.76. The van der Waals surface area contributed by atoms with Crippen LogP contribution in [0.4, 0.5) is 11.4 Å². The number of nitrogens with zero attached hydrogens (tertiary/aromatic N) is 3. The van der Waals surface area contributed by atoms with E-state index in [1.807, 2.05) is 17.2 Å². The smallest absolute Gasteiger partial charge is 0.338 e. The molecule has 8 nitrogen and oxygen atoms in total. The number of aryl methyl sites for hydroxylation is 1. The van der Waals surface area contributed by atoms with E-state index in [-0.39, 0.29) is 17.9 Å². The molecule has 0 amide bonds. The molecule has 3 rings (SSSR count). The first-order valence-corrected chi connectivity index (χ1v) is 8.62. The molecule has 0 unspecified atom stereocenters. The first-order chi connectivity index (χ1) is 12.0. The summed E-state index contributed by atoms with van der Waals surface area (Å²) in [5, 5.41) is 14.1. The molecule has 0 bridgehead atoms. The number of rotatable bonds is 5. The van der Waals surface area contributed by atoms with Crippen LogP contribution in [0.1, 0.15) is 21.1 Å². The van der Waals surface area contributed by atoms with Crippen molar-refractivity contribution in [2.75, 3.05) is 31.2 Å². The van der Waals surface area contributed by atoms with Crippen molar-refractivity contribution in [1.29, 1.82) is 0 Å². The Bertz CT molecular complexity index is 786. The number of morpholine rings is 1. The molecule has 0 atom stereocenters. The van der Waals surface area contributed by atoms with Crippen LogP contribution in [0.5, 0.6) is 0 Å². The molecule has 25 heavy (non-hydrogen) atoms. The lowest BCUT2D eigenvalue weighted by molar-refractivity contribution is -0.384. The average molecular weight is 363 g/mol. The van der Waals surface area contributed by atoms with Crippen LogP contribution >= 0.6 is 11.3 Å². The molecule has 1 fully saturated rings. The molecule has 1 saturated heterocycles. The number of carbonyl (C=O) groups is 1.